The number of hydrogen-bond acceptors (Lipinski definition) is 7. The molecule has 164 valence electrons. The van der Waals surface area contributed by atoms with Gasteiger partial charge in [0.1, 0.15) is 29.0 Å². The number of hydrogen-bond donors (Lipinski definition) is 1. The lowest BCUT2D eigenvalue weighted by Gasteiger charge is -2.35. The Morgan fingerprint density at radius 3 is 2.50 bits per heavy atom. The number of amides is 1. The molecule has 32 heavy (non-hydrogen) atoms. The maximum atomic E-state index is 12.6. The fraction of sp³-hybridized carbons (Fsp3) is 0.250. The van der Waals surface area contributed by atoms with Crippen LogP contribution in [-0.4, -0.2) is 59.0 Å². The van der Waals surface area contributed by atoms with Gasteiger partial charge in [0, 0.05) is 44.5 Å². The molecule has 4 rings (SSSR count). The first-order valence-electron chi connectivity index (χ1n) is 10.5. The second kappa shape index (κ2) is 9.91. The van der Waals surface area contributed by atoms with Gasteiger partial charge < -0.3 is 19.9 Å². The van der Waals surface area contributed by atoms with Crippen molar-refractivity contribution in [3.05, 3.63) is 72.2 Å². The Morgan fingerprint density at radius 2 is 1.81 bits per heavy atom. The standard InChI is InChI=1S/C24H26N6O2/c1-18-26-22(28-21-5-3-4-12-25-21)17-23(27-18)29-13-15-30(16-14-29)24(31)11-8-19-6-9-20(32-2)10-7-19/h3-12,17H,13-16H2,1-2H3,(H,25,26,27,28)/b11-8+. The number of ether oxygens (including phenoxy) is 1. The molecule has 0 radical (unpaired) electrons. The maximum absolute atomic E-state index is 12.6. The smallest absolute Gasteiger partial charge is 0.246 e. The first-order valence-corrected chi connectivity index (χ1v) is 10.5. The molecule has 8 heteroatoms. The van der Waals surface area contributed by atoms with Gasteiger partial charge in [-0.3, -0.25) is 4.79 Å². The molecule has 1 fully saturated rings. The van der Waals surface area contributed by atoms with Gasteiger partial charge in [-0.2, -0.15) is 0 Å². The third kappa shape index (κ3) is 5.40. The van der Waals surface area contributed by atoms with E-state index in [1.165, 1.54) is 0 Å². The lowest BCUT2D eigenvalue weighted by Crippen LogP contribution is -2.48. The Bertz CT molecular complexity index is 1080. The molecule has 0 atom stereocenters. The summed E-state index contributed by atoms with van der Waals surface area (Å²) in [6.07, 6.45) is 5.19. The largest absolute Gasteiger partial charge is 0.497 e. The Morgan fingerprint density at radius 1 is 1.03 bits per heavy atom. The number of nitrogens with one attached hydrogen (secondary N) is 1. The van der Waals surface area contributed by atoms with E-state index in [2.05, 4.69) is 25.2 Å². The molecule has 8 nitrogen and oxygen atoms in total. The predicted octanol–water partition coefficient (Wildman–Crippen LogP) is 3.29. The number of methoxy groups -OCH3 is 1. The molecule has 0 unspecified atom stereocenters. The molecule has 3 heterocycles. The molecule has 1 saturated heterocycles. The Labute approximate surface area is 187 Å². The molecule has 0 bridgehead atoms. The monoisotopic (exact) mass is 430 g/mol. The molecule has 0 aliphatic carbocycles. The first-order chi connectivity index (χ1) is 15.6. The van der Waals surface area contributed by atoms with E-state index in [9.17, 15) is 4.79 Å². The van der Waals surface area contributed by atoms with Gasteiger partial charge in [-0.15, -0.1) is 0 Å². The minimum absolute atomic E-state index is 0.0110. The summed E-state index contributed by atoms with van der Waals surface area (Å²) in [5.74, 6) is 3.77. The molecule has 1 amide bonds. The molecule has 1 aliphatic rings. The van der Waals surface area contributed by atoms with Crippen molar-refractivity contribution in [2.75, 3.05) is 43.5 Å². The normalized spacial score (nSPS) is 13.9. The van der Waals surface area contributed by atoms with E-state index in [0.29, 0.717) is 37.8 Å². The number of aryl methyl sites for hydroxylation is 1. The number of nitrogens with zero attached hydrogens (tertiary/aromatic N) is 5. The highest BCUT2D eigenvalue weighted by Crippen LogP contribution is 2.20. The fourth-order valence-corrected chi connectivity index (χ4v) is 3.49. The molecule has 2 aromatic heterocycles. The van der Waals surface area contributed by atoms with Crippen LogP contribution < -0.4 is 15.0 Å². The number of anilines is 3. The molecule has 1 N–H and O–H groups in total. The van der Waals surface area contributed by atoms with Gasteiger partial charge >= 0.3 is 0 Å². The minimum Gasteiger partial charge on any atom is -0.497 e. The molecule has 0 spiro atoms. The van der Waals surface area contributed by atoms with Crippen LogP contribution >= 0.6 is 0 Å². The van der Waals surface area contributed by atoms with Gasteiger partial charge in [0.05, 0.1) is 7.11 Å². The second-order valence-electron chi connectivity index (χ2n) is 7.42. The molecule has 3 aromatic rings. The highest BCUT2D eigenvalue weighted by Gasteiger charge is 2.21. The number of pyridine rings is 1. The first kappa shape index (κ1) is 21.3. The quantitative estimate of drug-likeness (QED) is 0.601. The van der Waals surface area contributed by atoms with Gasteiger partial charge in [0.2, 0.25) is 5.91 Å². The summed E-state index contributed by atoms with van der Waals surface area (Å²) in [4.78, 5) is 30.0. The number of carbonyl (C=O) groups is 1. The van der Waals surface area contributed by atoms with Crippen molar-refractivity contribution in [1.29, 1.82) is 0 Å². The Balaban J connectivity index is 1.35. The van der Waals surface area contributed by atoms with Gasteiger partial charge in [-0.25, -0.2) is 15.0 Å². The van der Waals surface area contributed by atoms with E-state index in [-0.39, 0.29) is 5.91 Å². The van der Waals surface area contributed by atoms with Crippen molar-refractivity contribution in [1.82, 2.24) is 19.9 Å². The van der Waals surface area contributed by atoms with Gasteiger partial charge in [-0.05, 0) is 42.8 Å². The van der Waals surface area contributed by atoms with E-state index >= 15 is 0 Å². The van der Waals surface area contributed by atoms with Crippen LogP contribution in [0.3, 0.4) is 0 Å². The van der Waals surface area contributed by atoms with Gasteiger partial charge in [-0.1, -0.05) is 18.2 Å². The lowest BCUT2D eigenvalue weighted by molar-refractivity contribution is -0.126. The molecule has 1 aliphatic heterocycles. The Kier molecular flexibility index (Phi) is 6.60. The predicted molar refractivity (Wildman–Crippen MR) is 125 cm³/mol. The third-order valence-corrected chi connectivity index (χ3v) is 5.19. The second-order valence-corrected chi connectivity index (χ2v) is 7.42. The van der Waals surface area contributed by atoms with Crippen molar-refractivity contribution in [3.8, 4) is 5.75 Å². The number of benzene rings is 1. The zero-order valence-electron chi connectivity index (χ0n) is 18.2. The number of carbonyl (C=O) groups excluding carboxylic acids is 1. The van der Waals surface area contributed by atoms with Crippen molar-refractivity contribution in [2.45, 2.75) is 6.92 Å². The van der Waals surface area contributed by atoms with E-state index < -0.39 is 0 Å². The van der Waals surface area contributed by atoms with Crippen LogP contribution in [0.1, 0.15) is 11.4 Å². The zero-order chi connectivity index (χ0) is 22.3. The molecular weight excluding hydrogens is 404 g/mol. The minimum atomic E-state index is 0.0110. The highest BCUT2D eigenvalue weighted by molar-refractivity contribution is 5.92. The maximum Gasteiger partial charge on any atom is 0.246 e. The molecule has 1 aromatic carbocycles. The molecular formula is C24H26N6O2. The third-order valence-electron chi connectivity index (χ3n) is 5.19. The van der Waals surface area contributed by atoms with Crippen LogP contribution in [-0.2, 0) is 4.79 Å². The van der Waals surface area contributed by atoms with Crippen molar-refractivity contribution in [2.24, 2.45) is 0 Å². The fourth-order valence-electron chi connectivity index (χ4n) is 3.49. The summed E-state index contributed by atoms with van der Waals surface area (Å²) >= 11 is 0. The van der Waals surface area contributed by atoms with Crippen LogP contribution in [0.2, 0.25) is 0 Å². The topological polar surface area (TPSA) is 83.5 Å². The van der Waals surface area contributed by atoms with Gasteiger partial charge in [0.25, 0.3) is 0 Å². The van der Waals surface area contributed by atoms with Crippen LogP contribution in [0.15, 0.2) is 60.8 Å². The highest BCUT2D eigenvalue weighted by atomic mass is 16.5. The number of piperazine rings is 1. The van der Waals surface area contributed by atoms with Crippen LogP contribution in [0, 0.1) is 6.92 Å². The SMILES string of the molecule is COc1ccc(/C=C/C(=O)N2CCN(c3cc(Nc4ccccn4)nc(C)n3)CC2)cc1. The summed E-state index contributed by atoms with van der Waals surface area (Å²) in [5.41, 5.74) is 0.960. The molecule has 0 saturated carbocycles. The van der Waals surface area contributed by atoms with Crippen LogP contribution in [0.4, 0.5) is 17.5 Å². The van der Waals surface area contributed by atoms with Crippen molar-refractivity contribution < 1.29 is 9.53 Å². The number of aromatic nitrogens is 3. The van der Waals surface area contributed by atoms with Crippen molar-refractivity contribution >= 4 is 29.4 Å². The van der Waals surface area contributed by atoms with E-state index in [4.69, 9.17) is 4.74 Å². The Hall–Kier alpha value is -3.94. The summed E-state index contributed by atoms with van der Waals surface area (Å²) in [7, 11) is 1.63. The van der Waals surface area contributed by atoms with E-state index in [0.717, 1.165) is 22.9 Å². The van der Waals surface area contributed by atoms with Crippen LogP contribution in [0.25, 0.3) is 6.08 Å². The lowest BCUT2D eigenvalue weighted by atomic mass is 10.2. The zero-order valence-corrected chi connectivity index (χ0v) is 18.2. The average Bonchev–Trinajstić information content (AvgIpc) is 2.83. The van der Waals surface area contributed by atoms with E-state index in [1.54, 1.807) is 19.4 Å². The summed E-state index contributed by atoms with van der Waals surface area (Å²) in [5, 5.41) is 3.22. The summed E-state index contributed by atoms with van der Waals surface area (Å²) < 4.78 is 5.16. The number of rotatable bonds is 6. The van der Waals surface area contributed by atoms with Gasteiger partial charge in [0.15, 0.2) is 0 Å². The van der Waals surface area contributed by atoms with Crippen molar-refractivity contribution in [3.63, 3.8) is 0 Å². The van der Waals surface area contributed by atoms with Crippen LogP contribution in [0.5, 0.6) is 5.75 Å². The summed E-state index contributed by atoms with van der Waals surface area (Å²) in [6, 6.07) is 15.2. The average molecular weight is 431 g/mol. The summed E-state index contributed by atoms with van der Waals surface area (Å²) in [6.45, 7) is 4.57. The van der Waals surface area contributed by atoms with E-state index in [1.807, 2.05) is 66.4 Å².